The average molecular weight is 253 g/mol. The lowest BCUT2D eigenvalue weighted by Crippen LogP contribution is -2.28. The zero-order valence-corrected chi connectivity index (χ0v) is 12.4. The summed E-state index contributed by atoms with van der Waals surface area (Å²) in [6, 6.07) is 15.6. The summed E-state index contributed by atoms with van der Waals surface area (Å²) in [7, 11) is 4.37. The molecule has 2 aromatic rings. The molecule has 0 aromatic heterocycles. The highest BCUT2D eigenvalue weighted by molar-refractivity contribution is 5.87. The molecule has 2 unspecified atom stereocenters. The van der Waals surface area contributed by atoms with Crippen LogP contribution in [0, 0.1) is 11.8 Å². The lowest BCUT2D eigenvalue weighted by Gasteiger charge is -2.24. The van der Waals surface area contributed by atoms with Crippen LogP contribution in [0.3, 0.4) is 0 Å². The van der Waals surface area contributed by atoms with Gasteiger partial charge in [-0.15, -0.1) is 0 Å². The molecule has 1 fully saturated rings. The van der Waals surface area contributed by atoms with Crippen molar-refractivity contribution in [2.45, 2.75) is 19.3 Å². The SMILES string of the molecule is CC1[C@@H](C)C1(CN(C)C)c1cccc2ccccc12. The maximum Gasteiger partial charge on any atom is 0.0143 e. The van der Waals surface area contributed by atoms with E-state index in [1.807, 2.05) is 0 Å². The van der Waals surface area contributed by atoms with Crippen LogP contribution in [0.15, 0.2) is 42.5 Å². The van der Waals surface area contributed by atoms with E-state index in [2.05, 4.69) is 75.3 Å². The molecule has 1 aliphatic rings. The van der Waals surface area contributed by atoms with E-state index in [0.29, 0.717) is 5.41 Å². The van der Waals surface area contributed by atoms with Gasteiger partial charge in [0.25, 0.3) is 0 Å². The van der Waals surface area contributed by atoms with E-state index in [0.717, 1.165) is 18.4 Å². The van der Waals surface area contributed by atoms with E-state index < -0.39 is 0 Å². The van der Waals surface area contributed by atoms with Crippen LogP contribution < -0.4 is 0 Å². The molecule has 1 saturated carbocycles. The van der Waals surface area contributed by atoms with Crippen molar-refractivity contribution in [3.63, 3.8) is 0 Å². The molecule has 19 heavy (non-hydrogen) atoms. The van der Waals surface area contributed by atoms with Gasteiger partial charge in [0, 0.05) is 12.0 Å². The van der Waals surface area contributed by atoms with Crippen LogP contribution in [0.25, 0.3) is 10.8 Å². The molecular weight excluding hydrogens is 230 g/mol. The second-order valence-corrected chi connectivity index (χ2v) is 6.38. The van der Waals surface area contributed by atoms with Crippen LogP contribution in [0.2, 0.25) is 0 Å². The van der Waals surface area contributed by atoms with E-state index >= 15 is 0 Å². The van der Waals surface area contributed by atoms with Crippen molar-refractivity contribution < 1.29 is 0 Å². The molecule has 100 valence electrons. The molecule has 0 spiro atoms. The summed E-state index contributed by atoms with van der Waals surface area (Å²) in [4.78, 5) is 2.34. The second-order valence-electron chi connectivity index (χ2n) is 6.38. The first-order chi connectivity index (χ1) is 9.07. The van der Waals surface area contributed by atoms with Gasteiger partial charge in [-0.25, -0.2) is 0 Å². The second kappa shape index (κ2) is 4.35. The molecular formula is C18H23N. The highest BCUT2D eigenvalue weighted by Crippen LogP contribution is 2.60. The van der Waals surface area contributed by atoms with Crippen LogP contribution in [0.4, 0.5) is 0 Å². The number of rotatable bonds is 3. The Bertz CT molecular complexity index is 586. The van der Waals surface area contributed by atoms with Crippen molar-refractivity contribution >= 4 is 10.8 Å². The summed E-state index contributed by atoms with van der Waals surface area (Å²) in [5.74, 6) is 1.53. The maximum atomic E-state index is 2.40. The maximum absolute atomic E-state index is 2.40. The monoisotopic (exact) mass is 253 g/mol. The third-order valence-corrected chi connectivity index (χ3v) is 5.13. The Morgan fingerprint density at radius 1 is 0.947 bits per heavy atom. The molecule has 1 aliphatic carbocycles. The van der Waals surface area contributed by atoms with Crippen LogP contribution in [0.1, 0.15) is 19.4 Å². The van der Waals surface area contributed by atoms with E-state index in [1.165, 1.54) is 10.8 Å². The first-order valence-electron chi connectivity index (χ1n) is 7.20. The summed E-state index contributed by atoms with van der Waals surface area (Å²) in [6.07, 6.45) is 0. The standard InChI is InChI=1S/C18H23N/c1-13-14(2)18(13,12-19(3)4)17-11-7-9-15-8-5-6-10-16(15)17/h5-11,13-14H,12H2,1-4H3/t13-,14?,18?/m1/s1. The van der Waals surface area contributed by atoms with E-state index in [9.17, 15) is 0 Å². The molecule has 0 radical (unpaired) electrons. The lowest BCUT2D eigenvalue weighted by atomic mass is 9.87. The van der Waals surface area contributed by atoms with Gasteiger partial charge in [-0.05, 0) is 42.3 Å². The fourth-order valence-electron chi connectivity index (χ4n) is 3.88. The van der Waals surface area contributed by atoms with E-state index in [4.69, 9.17) is 0 Å². The molecule has 3 rings (SSSR count). The molecule has 0 N–H and O–H groups in total. The largest absolute Gasteiger partial charge is 0.308 e. The number of hydrogen-bond acceptors (Lipinski definition) is 1. The molecule has 0 bridgehead atoms. The van der Waals surface area contributed by atoms with Gasteiger partial charge >= 0.3 is 0 Å². The number of hydrogen-bond donors (Lipinski definition) is 0. The topological polar surface area (TPSA) is 3.24 Å². The van der Waals surface area contributed by atoms with Crippen LogP contribution in [0.5, 0.6) is 0 Å². The zero-order valence-electron chi connectivity index (χ0n) is 12.4. The number of likely N-dealkylation sites (N-methyl/N-ethyl adjacent to an activating group) is 1. The first-order valence-corrected chi connectivity index (χ1v) is 7.20. The van der Waals surface area contributed by atoms with Gasteiger partial charge in [0.15, 0.2) is 0 Å². The Morgan fingerprint density at radius 2 is 1.58 bits per heavy atom. The van der Waals surface area contributed by atoms with Crippen LogP contribution in [-0.4, -0.2) is 25.5 Å². The van der Waals surface area contributed by atoms with E-state index in [-0.39, 0.29) is 0 Å². The smallest absolute Gasteiger partial charge is 0.0143 e. The number of fused-ring (bicyclic) bond motifs is 1. The van der Waals surface area contributed by atoms with Gasteiger partial charge in [-0.2, -0.15) is 0 Å². The molecule has 1 heteroatoms. The van der Waals surface area contributed by atoms with Crippen molar-refractivity contribution in [3.05, 3.63) is 48.0 Å². The summed E-state index contributed by atoms with van der Waals surface area (Å²) < 4.78 is 0. The summed E-state index contributed by atoms with van der Waals surface area (Å²) in [6.45, 7) is 5.94. The van der Waals surface area contributed by atoms with E-state index in [1.54, 1.807) is 5.56 Å². The molecule has 0 heterocycles. The summed E-state index contributed by atoms with van der Waals surface area (Å²) in [5.41, 5.74) is 1.88. The summed E-state index contributed by atoms with van der Waals surface area (Å²) in [5, 5.41) is 2.80. The van der Waals surface area contributed by atoms with Crippen molar-refractivity contribution in [2.24, 2.45) is 11.8 Å². The van der Waals surface area contributed by atoms with Crippen molar-refractivity contribution in [2.75, 3.05) is 20.6 Å². The minimum atomic E-state index is 0.338. The minimum absolute atomic E-state index is 0.338. The normalized spacial score (nSPS) is 29.9. The van der Waals surface area contributed by atoms with Gasteiger partial charge in [0.05, 0.1) is 0 Å². The average Bonchev–Trinajstić information content (AvgIpc) is 2.91. The Balaban J connectivity index is 2.17. The Labute approximate surface area is 116 Å². The quantitative estimate of drug-likeness (QED) is 0.801. The van der Waals surface area contributed by atoms with Crippen molar-refractivity contribution in [1.82, 2.24) is 4.90 Å². The Kier molecular flexibility index (Phi) is 2.90. The van der Waals surface area contributed by atoms with Crippen LogP contribution in [-0.2, 0) is 5.41 Å². The van der Waals surface area contributed by atoms with Gasteiger partial charge in [0.1, 0.15) is 0 Å². The third kappa shape index (κ3) is 1.80. The molecule has 0 aliphatic heterocycles. The lowest BCUT2D eigenvalue weighted by molar-refractivity contribution is 0.345. The fourth-order valence-corrected chi connectivity index (χ4v) is 3.88. The summed E-state index contributed by atoms with van der Waals surface area (Å²) >= 11 is 0. The molecule has 0 saturated heterocycles. The Hall–Kier alpha value is -1.34. The number of benzene rings is 2. The fraction of sp³-hybridized carbons (Fsp3) is 0.444. The van der Waals surface area contributed by atoms with Gasteiger partial charge < -0.3 is 4.90 Å². The molecule has 1 nitrogen and oxygen atoms in total. The zero-order chi connectivity index (χ0) is 13.6. The number of nitrogens with zero attached hydrogens (tertiary/aromatic N) is 1. The van der Waals surface area contributed by atoms with Gasteiger partial charge in [0.2, 0.25) is 0 Å². The van der Waals surface area contributed by atoms with Crippen molar-refractivity contribution in [3.8, 4) is 0 Å². The minimum Gasteiger partial charge on any atom is -0.308 e. The molecule has 3 atom stereocenters. The first kappa shape index (κ1) is 12.7. The Morgan fingerprint density at radius 3 is 2.21 bits per heavy atom. The highest BCUT2D eigenvalue weighted by Gasteiger charge is 2.60. The van der Waals surface area contributed by atoms with Gasteiger partial charge in [-0.3, -0.25) is 0 Å². The van der Waals surface area contributed by atoms with Gasteiger partial charge in [-0.1, -0.05) is 56.3 Å². The predicted octanol–water partition coefficient (Wildman–Crippen LogP) is 3.93. The molecule has 0 amide bonds. The van der Waals surface area contributed by atoms with Crippen molar-refractivity contribution in [1.29, 1.82) is 0 Å². The predicted molar refractivity (Wildman–Crippen MR) is 82.5 cm³/mol. The molecule has 2 aromatic carbocycles. The third-order valence-electron chi connectivity index (χ3n) is 5.13. The van der Waals surface area contributed by atoms with Crippen LogP contribution >= 0.6 is 0 Å². The highest BCUT2D eigenvalue weighted by atomic mass is 15.1.